The van der Waals surface area contributed by atoms with Gasteiger partial charge in [-0.2, -0.15) is 0 Å². The Morgan fingerprint density at radius 3 is 2.73 bits per heavy atom. The monoisotopic (exact) mass is 366 g/mol. The van der Waals surface area contributed by atoms with Crippen molar-refractivity contribution < 1.29 is 14.8 Å². The number of carbonyl (C=O) groups is 2. The number of rotatable bonds is 5. The highest BCUT2D eigenvalue weighted by atomic mass is 32.1. The first-order chi connectivity index (χ1) is 12.7. The van der Waals surface area contributed by atoms with Crippen molar-refractivity contribution in [3.8, 4) is 10.6 Å². The van der Waals surface area contributed by atoms with E-state index in [2.05, 4.69) is 15.3 Å². The van der Waals surface area contributed by atoms with Crippen LogP contribution in [0.4, 0.5) is 5.69 Å². The number of benzene rings is 1. The molecule has 0 spiro atoms. The Hall–Kier alpha value is -3.36. The van der Waals surface area contributed by atoms with Crippen LogP contribution in [0.15, 0.2) is 61.1 Å². The van der Waals surface area contributed by atoms with Crippen LogP contribution >= 0.6 is 11.3 Å². The predicted molar refractivity (Wildman–Crippen MR) is 98.7 cm³/mol. The SMILES string of the molecule is O=C(C=Cc1ccccc1NC(=O)c1cnc(-c2cccnc2)s1)NO. The molecule has 0 radical (unpaired) electrons. The lowest BCUT2D eigenvalue weighted by atomic mass is 10.1. The average Bonchev–Trinajstić information content (AvgIpc) is 3.18. The van der Waals surface area contributed by atoms with Crippen molar-refractivity contribution in [2.75, 3.05) is 5.32 Å². The second-order valence-electron chi connectivity index (χ2n) is 5.12. The number of nitrogens with one attached hydrogen (secondary N) is 2. The standard InChI is InChI=1S/C18H14N4O3S/c23-16(22-25)8-7-12-4-1-2-6-14(12)21-17(24)15-11-20-18(26-15)13-5-3-9-19-10-13/h1-11,25H,(H,21,24)(H,22,23). The van der Waals surface area contributed by atoms with E-state index in [4.69, 9.17) is 5.21 Å². The molecule has 0 atom stereocenters. The Balaban J connectivity index is 1.78. The number of nitrogens with zero attached hydrogens (tertiary/aromatic N) is 2. The Labute approximate surface area is 153 Å². The molecule has 8 heteroatoms. The third kappa shape index (κ3) is 4.18. The van der Waals surface area contributed by atoms with Crippen molar-refractivity contribution >= 4 is 34.9 Å². The lowest BCUT2D eigenvalue weighted by Gasteiger charge is -2.07. The third-order valence-electron chi connectivity index (χ3n) is 3.37. The summed E-state index contributed by atoms with van der Waals surface area (Å²) in [5.41, 5.74) is 3.52. The Kier molecular flexibility index (Phi) is 5.47. The Bertz CT molecular complexity index is 954. The van der Waals surface area contributed by atoms with Gasteiger partial charge in [-0.15, -0.1) is 11.3 Å². The van der Waals surface area contributed by atoms with Gasteiger partial charge in [-0.05, 0) is 29.8 Å². The summed E-state index contributed by atoms with van der Waals surface area (Å²) >= 11 is 1.26. The van der Waals surface area contributed by atoms with Crippen LogP contribution in [0.2, 0.25) is 0 Å². The topological polar surface area (TPSA) is 104 Å². The molecule has 3 N–H and O–H groups in total. The highest BCUT2D eigenvalue weighted by Crippen LogP contribution is 2.25. The van der Waals surface area contributed by atoms with Crippen molar-refractivity contribution in [1.82, 2.24) is 15.4 Å². The number of hydrogen-bond donors (Lipinski definition) is 3. The summed E-state index contributed by atoms with van der Waals surface area (Å²) in [6.45, 7) is 0. The van der Waals surface area contributed by atoms with Gasteiger partial charge in [-0.25, -0.2) is 10.5 Å². The molecule has 7 nitrogen and oxygen atoms in total. The van der Waals surface area contributed by atoms with Gasteiger partial charge < -0.3 is 5.32 Å². The fraction of sp³-hybridized carbons (Fsp3) is 0. The summed E-state index contributed by atoms with van der Waals surface area (Å²) in [5.74, 6) is -0.959. The fourth-order valence-corrected chi connectivity index (χ4v) is 2.95. The van der Waals surface area contributed by atoms with Crippen molar-refractivity contribution in [3.05, 3.63) is 71.5 Å². The second kappa shape index (κ2) is 8.15. The number of aromatic nitrogens is 2. The van der Waals surface area contributed by atoms with E-state index in [1.807, 2.05) is 12.1 Å². The minimum absolute atomic E-state index is 0.301. The molecule has 130 valence electrons. The maximum atomic E-state index is 12.5. The number of carbonyl (C=O) groups excluding carboxylic acids is 2. The van der Waals surface area contributed by atoms with Gasteiger partial charge in [-0.1, -0.05) is 18.2 Å². The summed E-state index contributed by atoms with van der Waals surface area (Å²) in [7, 11) is 0. The van der Waals surface area contributed by atoms with Crippen molar-refractivity contribution in [1.29, 1.82) is 0 Å². The van der Waals surface area contributed by atoms with Crippen LogP contribution < -0.4 is 10.8 Å². The molecule has 2 amide bonds. The first-order valence-electron chi connectivity index (χ1n) is 7.56. The zero-order valence-electron chi connectivity index (χ0n) is 13.4. The summed E-state index contributed by atoms with van der Waals surface area (Å²) in [6, 6.07) is 10.7. The summed E-state index contributed by atoms with van der Waals surface area (Å²) < 4.78 is 0. The minimum atomic E-state index is -0.658. The van der Waals surface area contributed by atoms with Gasteiger partial charge in [0.15, 0.2) is 0 Å². The molecular weight excluding hydrogens is 352 g/mol. The van der Waals surface area contributed by atoms with Gasteiger partial charge >= 0.3 is 0 Å². The van der Waals surface area contributed by atoms with E-state index in [1.165, 1.54) is 29.1 Å². The molecule has 3 rings (SSSR count). The van der Waals surface area contributed by atoms with Gasteiger partial charge in [-0.3, -0.25) is 19.8 Å². The molecule has 0 aliphatic rings. The van der Waals surface area contributed by atoms with E-state index >= 15 is 0 Å². The lowest BCUT2D eigenvalue weighted by molar-refractivity contribution is -0.124. The maximum absolute atomic E-state index is 12.5. The number of thiazole rings is 1. The lowest BCUT2D eigenvalue weighted by Crippen LogP contribution is -2.15. The van der Waals surface area contributed by atoms with E-state index in [0.29, 0.717) is 21.1 Å². The van der Waals surface area contributed by atoms with E-state index in [1.54, 1.807) is 36.7 Å². The number of hydrogen-bond acceptors (Lipinski definition) is 6. The highest BCUT2D eigenvalue weighted by molar-refractivity contribution is 7.17. The van der Waals surface area contributed by atoms with Gasteiger partial charge in [0.05, 0.1) is 6.20 Å². The van der Waals surface area contributed by atoms with Crippen LogP contribution in [-0.2, 0) is 4.79 Å². The number of para-hydroxylation sites is 1. The van der Waals surface area contributed by atoms with Gasteiger partial charge in [0, 0.05) is 29.7 Å². The smallest absolute Gasteiger partial charge is 0.267 e. The minimum Gasteiger partial charge on any atom is -0.321 e. The Morgan fingerprint density at radius 1 is 1.12 bits per heavy atom. The molecule has 2 aromatic heterocycles. The molecule has 1 aromatic carbocycles. The zero-order chi connectivity index (χ0) is 18.4. The molecule has 0 bridgehead atoms. The number of hydroxylamine groups is 1. The summed E-state index contributed by atoms with van der Waals surface area (Å²) in [4.78, 5) is 32.4. The number of anilines is 1. The average molecular weight is 366 g/mol. The molecule has 26 heavy (non-hydrogen) atoms. The van der Waals surface area contributed by atoms with Crippen LogP contribution in [0.3, 0.4) is 0 Å². The zero-order valence-corrected chi connectivity index (χ0v) is 14.2. The van der Waals surface area contributed by atoms with E-state index in [9.17, 15) is 9.59 Å². The van der Waals surface area contributed by atoms with Crippen LogP contribution in [0, 0.1) is 0 Å². The molecule has 0 saturated carbocycles. The van der Waals surface area contributed by atoms with Gasteiger partial charge in [0.2, 0.25) is 0 Å². The second-order valence-corrected chi connectivity index (χ2v) is 6.15. The molecule has 0 aliphatic heterocycles. The van der Waals surface area contributed by atoms with Crippen LogP contribution in [0.5, 0.6) is 0 Å². The first-order valence-corrected chi connectivity index (χ1v) is 8.38. The number of amides is 2. The largest absolute Gasteiger partial charge is 0.321 e. The van der Waals surface area contributed by atoms with E-state index in [-0.39, 0.29) is 5.91 Å². The van der Waals surface area contributed by atoms with Crippen molar-refractivity contribution in [2.45, 2.75) is 0 Å². The molecule has 0 aliphatic carbocycles. The van der Waals surface area contributed by atoms with Crippen LogP contribution in [0.1, 0.15) is 15.2 Å². The van der Waals surface area contributed by atoms with E-state index < -0.39 is 5.91 Å². The van der Waals surface area contributed by atoms with Crippen LogP contribution in [0.25, 0.3) is 16.6 Å². The molecule has 0 saturated heterocycles. The normalized spacial score (nSPS) is 10.7. The molecule has 2 heterocycles. The molecular formula is C18H14N4O3S. The Morgan fingerprint density at radius 2 is 1.96 bits per heavy atom. The maximum Gasteiger partial charge on any atom is 0.267 e. The van der Waals surface area contributed by atoms with Gasteiger partial charge in [0.25, 0.3) is 11.8 Å². The van der Waals surface area contributed by atoms with Crippen LogP contribution in [-0.4, -0.2) is 27.0 Å². The molecule has 0 unspecified atom stereocenters. The third-order valence-corrected chi connectivity index (χ3v) is 4.42. The summed E-state index contributed by atoms with van der Waals surface area (Å²) in [5, 5.41) is 12.1. The highest BCUT2D eigenvalue weighted by Gasteiger charge is 2.13. The quantitative estimate of drug-likeness (QED) is 0.366. The van der Waals surface area contributed by atoms with Crippen molar-refractivity contribution in [3.63, 3.8) is 0 Å². The molecule has 0 fully saturated rings. The van der Waals surface area contributed by atoms with E-state index in [0.717, 1.165) is 11.6 Å². The van der Waals surface area contributed by atoms with Gasteiger partial charge in [0.1, 0.15) is 9.88 Å². The van der Waals surface area contributed by atoms with Crippen molar-refractivity contribution in [2.24, 2.45) is 0 Å². The fourth-order valence-electron chi connectivity index (χ4n) is 2.14. The summed E-state index contributed by atoms with van der Waals surface area (Å²) in [6.07, 6.45) is 7.53. The first kappa shape index (κ1) is 17.5. The molecule has 3 aromatic rings. The predicted octanol–water partition coefficient (Wildman–Crippen LogP) is 2.98. The number of pyridine rings is 1.